The Morgan fingerprint density at radius 1 is 1.09 bits per heavy atom. The summed E-state index contributed by atoms with van der Waals surface area (Å²) in [6.45, 7) is 7.35. The van der Waals surface area contributed by atoms with E-state index in [1.54, 1.807) is 12.3 Å². The zero-order chi connectivity index (χ0) is 22.8. The molecule has 4 aromatic rings. The number of aryl methyl sites for hydroxylation is 3. The number of para-hydroxylation sites is 1. The average molecular weight is 451 g/mol. The molecule has 7 nitrogen and oxygen atoms in total. The van der Waals surface area contributed by atoms with E-state index >= 15 is 0 Å². The Hall–Kier alpha value is -3.45. The van der Waals surface area contributed by atoms with E-state index < -0.39 is 0 Å². The number of aromatic nitrogens is 4. The van der Waals surface area contributed by atoms with Crippen LogP contribution < -0.4 is 4.74 Å². The molecule has 0 fully saturated rings. The van der Waals surface area contributed by atoms with E-state index in [4.69, 9.17) is 26.1 Å². The van der Waals surface area contributed by atoms with Gasteiger partial charge in [0, 0.05) is 34.8 Å². The number of esters is 1. The third-order valence-electron chi connectivity index (χ3n) is 5.10. The topological polar surface area (TPSA) is 90.0 Å². The molecule has 0 atom stereocenters. The summed E-state index contributed by atoms with van der Waals surface area (Å²) in [5.74, 6) is 0.242. The Labute approximate surface area is 190 Å². The number of hydrogen-bond acceptors (Lipinski definition) is 6. The van der Waals surface area contributed by atoms with Crippen molar-refractivity contribution < 1.29 is 14.3 Å². The highest BCUT2D eigenvalue weighted by Crippen LogP contribution is 2.34. The summed E-state index contributed by atoms with van der Waals surface area (Å²) in [5.41, 5.74) is 6.61. The Morgan fingerprint density at radius 2 is 1.88 bits per heavy atom. The van der Waals surface area contributed by atoms with Crippen LogP contribution in [-0.2, 0) is 22.7 Å². The van der Waals surface area contributed by atoms with Crippen molar-refractivity contribution in [2.45, 2.75) is 40.9 Å². The maximum Gasteiger partial charge on any atom is 0.303 e. The number of halogens is 1. The predicted molar refractivity (Wildman–Crippen MR) is 123 cm³/mol. The van der Waals surface area contributed by atoms with Crippen molar-refractivity contribution >= 4 is 28.5 Å². The van der Waals surface area contributed by atoms with Crippen molar-refractivity contribution in [1.82, 2.24) is 20.2 Å². The highest BCUT2D eigenvalue weighted by atomic mass is 35.5. The lowest BCUT2D eigenvalue weighted by Crippen LogP contribution is -2.09. The first kappa shape index (κ1) is 21.8. The molecular formula is C24H23ClN4O3. The molecule has 0 aliphatic carbocycles. The van der Waals surface area contributed by atoms with Gasteiger partial charge in [-0.05, 0) is 44.5 Å². The summed E-state index contributed by atoms with van der Waals surface area (Å²) in [5, 5.41) is 8.70. The number of rotatable bonds is 6. The van der Waals surface area contributed by atoms with Crippen molar-refractivity contribution in [3.05, 3.63) is 69.8 Å². The minimum absolute atomic E-state index is 0.0333. The van der Waals surface area contributed by atoms with Crippen LogP contribution in [0, 0.1) is 20.8 Å². The molecule has 1 N–H and O–H groups in total. The first-order chi connectivity index (χ1) is 15.3. The van der Waals surface area contributed by atoms with E-state index in [0.717, 1.165) is 39.1 Å². The smallest absolute Gasteiger partial charge is 0.303 e. The number of pyridine rings is 2. The fraction of sp³-hybridized carbons (Fsp3) is 0.250. The van der Waals surface area contributed by atoms with Gasteiger partial charge in [-0.3, -0.25) is 14.9 Å². The quantitative estimate of drug-likeness (QED) is 0.404. The summed E-state index contributed by atoms with van der Waals surface area (Å²) in [6.07, 6.45) is 1.80. The highest BCUT2D eigenvalue weighted by molar-refractivity contribution is 6.31. The fourth-order valence-corrected chi connectivity index (χ4v) is 3.93. The third kappa shape index (κ3) is 4.43. The van der Waals surface area contributed by atoms with E-state index in [-0.39, 0.29) is 19.2 Å². The standard InChI is InChI=1S/C24H23ClN4O3/c1-13-10-26-29-23(13)18-8-14(2)28-24-17(18)6-5-7-22(24)32-11-19-20(25)9-15(3)27-21(19)12-31-16(4)30/h5-10H,11-12H2,1-4H3,(H,26,29). The minimum atomic E-state index is -0.383. The molecule has 3 aromatic heterocycles. The second-order valence-electron chi connectivity index (χ2n) is 7.63. The first-order valence-electron chi connectivity index (χ1n) is 10.1. The van der Waals surface area contributed by atoms with Crippen LogP contribution in [0.1, 0.15) is 35.1 Å². The van der Waals surface area contributed by atoms with Crippen LogP contribution in [0.15, 0.2) is 36.5 Å². The van der Waals surface area contributed by atoms with Gasteiger partial charge in [0.25, 0.3) is 0 Å². The Bertz CT molecular complexity index is 1320. The number of H-pyrrole nitrogens is 1. The molecule has 8 heteroatoms. The molecule has 0 unspecified atom stereocenters. The Balaban J connectivity index is 1.72. The van der Waals surface area contributed by atoms with Gasteiger partial charge in [0.1, 0.15) is 24.5 Å². The molecule has 0 amide bonds. The number of carbonyl (C=O) groups is 1. The summed E-state index contributed by atoms with van der Waals surface area (Å²) in [7, 11) is 0. The van der Waals surface area contributed by atoms with E-state index in [2.05, 4.69) is 15.2 Å². The van der Waals surface area contributed by atoms with Gasteiger partial charge >= 0.3 is 5.97 Å². The second-order valence-corrected chi connectivity index (χ2v) is 8.04. The number of benzene rings is 1. The van der Waals surface area contributed by atoms with Crippen LogP contribution >= 0.6 is 11.6 Å². The molecule has 0 saturated heterocycles. The Morgan fingerprint density at radius 3 is 2.59 bits per heavy atom. The van der Waals surface area contributed by atoms with Gasteiger partial charge in [0.05, 0.1) is 22.6 Å². The molecule has 0 aliphatic rings. The van der Waals surface area contributed by atoms with Gasteiger partial charge in [-0.1, -0.05) is 23.7 Å². The van der Waals surface area contributed by atoms with Crippen molar-refractivity contribution in [3.63, 3.8) is 0 Å². The largest absolute Gasteiger partial charge is 0.486 e. The van der Waals surface area contributed by atoms with Gasteiger partial charge < -0.3 is 9.47 Å². The molecule has 0 bridgehead atoms. The van der Waals surface area contributed by atoms with Gasteiger partial charge in [-0.25, -0.2) is 4.98 Å². The minimum Gasteiger partial charge on any atom is -0.486 e. The van der Waals surface area contributed by atoms with Crippen molar-refractivity contribution in [2.24, 2.45) is 0 Å². The molecule has 4 rings (SSSR count). The summed E-state index contributed by atoms with van der Waals surface area (Å²) in [6, 6.07) is 9.61. The van der Waals surface area contributed by atoms with Crippen LogP contribution in [0.25, 0.3) is 22.2 Å². The number of ether oxygens (including phenoxy) is 2. The zero-order valence-corrected chi connectivity index (χ0v) is 19.1. The predicted octanol–water partition coefficient (Wildman–Crippen LogP) is 5.24. The maximum atomic E-state index is 11.3. The van der Waals surface area contributed by atoms with Gasteiger partial charge in [0.15, 0.2) is 0 Å². The highest BCUT2D eigenvalue weighted by Gasteiger charge is 2.16. The number of fused-ring (bicyclic) bond motifs is 1. The molecule has 0 aliphatic heterocycles. The molecule has 1 aromatic carbocycles. The van der Waals surface area contributed by atoms with Gasteiger partial charge in [-0.2, -0.15) is 5.10 Å². The monoisotopic (exact) mass is 450 g/mol. The average Bonchev–Trinajstić information content (AvgIpc) is 3.16. The van der Waals surface area contributed by atoms with Crippen LogP contribution in [0.4, 0.5) is 0 Å². The normalized spacial score (nSPS) is 11.0. The molecule has 32 heavy (non-hydrogen) atoms. The molecule has 3 heterocycles. The SMILES string of the molecule is CC(=O)OCc1nc(C)cc(Cl)c1COc1cccc2c(-c3[nH]ncc3C)cc(C)nc12. The van der Waals surface area contributed by atoms with Crippen LogP contribution in [0.3, 0.4) is 0 Å². The number of aromatic amines is 1. The van der Waals surface area contributed by atoms with Gasteiger partial charge in [0.2, 0.25) is 0 Å². The molecule has 0 saturated carbocycles. The second kappa shape index (κ2) is 8.96. The summed E-state index contributed by atoms with van der Waals surface area (Å²) in [4.78, 5) is 20.5. The lowest BCUT2D eigenvalue weighted by molar-refractivity contribution is -0.142. The lowest BCUT2D eigenvalue weighted by atomic mass is 10.0. The van der Waals surface area contributed by atoms with Crippen LogP contribution in [-0.4, -0.2) is 26.1 Å². The lowest BCUT2D eigenvalue weighted by Gasteiger charge is -2.15. The Kier molecular flexibility index (Phi) is 6.10. The molecule has 164 valence electrons. The van der Waals surface area contributed by atoms with E-state index in [9.17, 15) is 4.79 Å². The van der Waals surface area contributed by atoms with Crippen molar-refractivity contribution in [1.29, 1.82) is 0 Å². The number of nitrogens with zero attached hydrogens (tertiary/aromatic N) is 3. The van der Waals surface area contributed by atoms with Crippen LogP contribution in [0.5, 0.6) is 5.75 Å². The summed E-state index contributed by atoms with van der Waals surface area (Å²) >= 11 is 6.48. The molecule has 0 radical (unpaired) electrons. The molecule has 0 spiro atoms. The van der Waals surface area contributed by atoms with E-state index in [1.807, 2.05) is 45.0 Å². The first-order valence-corrected chi connectivity index (χ1v) is 10.5. The van der Waals surface area contributed by atoms with Crippen molar-refractivity contribution in [2.75, 3.05) is 0 Å². The number of carbonyl (C=O) groups excluding carboxylic acids is 1. The van der Waals surface area contributed by atoms with Gasteiger partial charge in [-0.15, -0.1) is 0 Å². The number of nitrogens with one attached hydrogen (secondary N) is 1. The summed E-state index contributed by atoms with van der Waals surface area (Å²) < 4.78 is 11.3. The zero-order valence-electron chi connectivity index (χ0n) is 18.3. The molecular weight excluding hydrogens is 428 g/mol. The third-order valence-corrected chi connectivity index (χ3v) is 5.43. The number of hydrogen-bond donors (Lipinski definition) is 1. The van der Waals surface area contributed by atoms with Crippen molar-refractivity contribution in [3.8, 4) is 17.0 Å². The maximum absolute atomic E-state index is 11.3. The van der Waals surface area contributed by atoms with Crippen LogP contribution in [0.2, 0.25) is 5.02 Å². The van der Waals surface area contributed by atoms with E-state index in [0.29, 0.717) is 22.0 Å². The fourth-order valence-electron chi connectivity index (χ4n) is 3.61. The van der Waals surface area contributed by atoms with E-state index in [1.165, 1.54) is 6.92 Å².